The number of hydrogen-bond donors (Lipinski definition) is 3. The Morgan fingerprint density at radius 2 is 1.61 bits per heavy atom. The molecule has 1 fully saturated rings. The summed E-state index contributed by atoms with van der Waals surface area (Å²) in [5.74, 6) is -2.73. The molecule has 1 unspecified atom stereocenters. The summed E-state index contributed by atoms with van der Waals surface area (Å²) in [6.45, 7) is 1.76. The van der Waals surface area contributed by atoms with Gasteiger partial charge < -0.3 is 15.3 Å². The third-order valence-corrected chi connectivity index (χ3v) is 5.40. The van der Waals surface area contributed by atoms with Crippen LogP contribution in [0.1, 0.15) is 22.7 Å². The number of amides is 1. The Labute approximate surface area is 187 Å². The Kier molecular flexibility index (Phi) is 5.31. The Hall–Kier alpha value is -4.66. The molecule has 3 aromatic rings. The molecule has 9 nitrogen and oxygen atoms in total. The highest BCUT2D eigenvalue weighted by molar-refractivity contribution is 6.51. The van der Waals surface area contributed by atoms with Crippen molar-refractivity contribution in [2.45, 2.75) is 13.0 Å². The number of ketones is 1. The number of nitrogens with zero attached hydrogens (tertiary/aromatic N) is 2. The summed E-state index contributed by atoms with van der Waals surface area (Å²) >= 11 is 0. The summed E-state index contributed by atoms with van der Waals surface area (Å²) in [5, 5.41) is 42.1. The highest BCUT2D eigenvalue weighted by Crippen LogP contribution is 2.45. The number of non-ortho nitro benzene ring substituents is 1. The average molecular weight is 446 g/mol. The molecule has 1 atom stereocenters. The molecule has 1 aliphatic heterocycles. The maximum Gasteiger partial charge on any atom is 0.300 e. The van der Waals surface area contributed by atoms with E-state index in [1.54, 1.807) is 19.1 Å². The second-order valence-electron chi connectivity index (χ2n) is 7.56. The van der Waals surface area contributed by atoms with Crippen LogP contribution in [0.15, 0.2) is 72.3 Å². The quantitative estimate of drug-likeness (QED) is 0.181. The number of benzene rings is 3. The minimum absolute atomic E-state index is 0.0375. The Balaban J connectivity index is 1.95. The molecule has 0 radical (unpaired) electrons. The Morgan fingerprint density at radius 1 is 0.970 bits per heavy atom. The van der Waals surface area contributed by atoms with Crippen molar-refractivity contribution in [3.05, 3.63) is 99.1 Å². The fraction of sp³-hybridized carbons (Fsp3) is 0.0833. The van der Waals surface area contributed by atoms with Crippen LogP contribution in [-0.2, 0) is 9.59 Å². The van der Waals surface area contributed by atoms with E-state index in [0.29, 0.717) is 5.56 Å². The summed E-state index contributed by atoms with van der Waals surface area (Å²) in [6, 6.07) is 14.1. The maximum atomic E-state index is 13.1. The molecule has 0 aromatic heterocycles. The third-order valence-electron chi connectivity index (χ3n) is 5.40. The number of phenols is 2. The van der Waals surface area contributed by atoms with Crippen LogP contribution in [0.25, 0.3) is 5.76 Å². The van der Waals surface area contributed by atoms with Crippen molar-refractivity contribution in [1.82, 2.24) is 0 Å². The van der Waals surface area contributed by atoms with Crippen molar-refractivity contribution in [2.75, 3.05) is 4.90 Å². The zero-order chi connectivity index (χ0) is 23.9. The number of aryl methyl sites for hydroxylation is 1. The van der Waals surface area contributed by atoms with Crippen LogP contribution in [0, 0.1) is 17.0 Å². The van der Waals surface area contributed by atoms with Gasteiger partial charge in [-0.2, -0.15) is 0 Å². The standard InChI is InChI=1S/C24H18N2O7/c1-13-2-11-19(28)18(12-13)25-21(14-5-9-17(27)10-6-14)20(23(30)24(25)31)22(29)15-3-7-16(8-4-15)26(32)33/h2-12,21,27-29H,1H3/b22-20-. The van der Waals surface area contributed by atoms with Gasteiger partial charge in [-0.15, -0.1) is 0 Å². The molecule has 33 heavy (non-hydrogen) atoms. The number of nitro benzene ring substituents is 1. The number of aliphatic hydroxyl groups is 1. The van der Waals surface area contributed by atoms with E-state index >= 15 is 0 Å². The smallest absolute Gasteiger partial charge is 0.300 e. The number of Topliss-reactive ketones (excluding diaryl/α,β-unsaturated/α-hetero) is 1. The Morgan fingerprint density at radius 3 is 2.21 bits per heavy atom. The molecule has 1 amide bonds. The van der Waals surface area contributed by atoms with E-state index in [1.807, 2.05) is 0 Å². The van der Waals surface area contributed by atoms with Crippen LogP contribution < -0.4 is 4.90 Å². The zero-order valence-electron chi connectivity index (χ0n) is 17.3. The number of nitro groups is 1. The summed E-state index contributed by atoms with van der Waals surface area (Å²) < 4.78 is 0. The first-order chi connectivity index (χ1) is 15.7. The predicted octanol–water partition coefficient (Wildman–Crippen LogP) is 3.94. The number of aliphatic hydroxyl groups excluding tert-OH is 1. The summed E-state index contributed by atoms with van der Waals surface area (Å²) in [5.41, 5.74) is 0.863. The number of rotatable bonds is 4. The molecule has 0 bridgehead atoms. The van der Waals surface area contributed by atoms with Crippen LogP contribution in [-0.4, -0.2) is 31.9 Å². The lowest BCUT2D eigenvalue weighted by Gasteiger charge is -2.26. The van der Waals surface area contributed by atoms with Crippen LogP contribution in [0.4, 0.5) is 11.4 Å². The molecule has 3 aromatic carbocycles. The largest absolute Gasteiger partial charge is 0.508 e. The molecular formula is C24H18N2O7. The minimum Gasteiger partial charge on any atom is -0.508 e. The average Bonchev–Trinajstić information content (AvgIpc) is 3.06. The number of aromatic hydroxyl groups is 2. The normalized spacial score (nSPS) is 17.4. The van der Waals surface area contributed by atoms with E-state index in [9.17, 15) is 35.0 Å². The van der Waals surface area contributed by atoms with Gasteiger partial charge in [0.2, 0.25) is 0 Å². The fourth-order valence-electron chi connectivity index (χ4n) is 3.78. The van der Waals surface area contributed by atoms with Crippen LogP contribution >= 0.6 is 0 Å². The lowest BCUT2D eigenvalue weighted by molar-refractivity contribution is -0.384. The topological polar surface area (TPSA) is 141 Å². The van der Waals surface area contributed by atoms with Crippen molar-refractivity contribution in [3.8, 4) is 11.5 Å². The van der Waals surface area contributed by atoms with Crippen LogP contribution in [0.3, 0.4) is 0 Å². The van der Waals surface area contributed by atoms with E-state index in [1.165, 1.54) is 54.6 Å². The zero-order valence-corrected chi connectivity index (χ0v) is 17.3. The van der Waals surface area contributed by atoms with Crippen molar-refractivity contribution < 1.29 is 29.8 Å². The molecule has 166 valence electrons. The van der Waals surface area contributed by atoms with Gasteiger partial charge in [0.25, 0.3) is 17.4 Å². The van der Waals surface area contributed by atoms with Gasteiger partial charge in [0.15, 0.2) is 0 Å². The highest BCUT2D eigenvalue weighted by Gasteiger charge is 2.47. The SMILES string of the molecule is Cc1ccc(O)c(N2C(=O)C(=O)/C(=C(\O)c3ccc([N+](=O)[O-])cc3)C2c2ccc(O)cc2)c1. The van der Waals surface area contributed by atoms with Crippen molar-refractivity contribution in [1.29, 1.82) is 0 Å². The molecule has 4 rings (SSSR count). The summed E-state index contributed by atoms with van der Waals surface area (Å²) in [7, 11) is 0. The number of carbonyl (C=O) groups excluding carboxylic acids is 2. The van der Waals surface area contributed by atoms with Gasteiger partial charge in [0.1, 0.15) is 17.3 Å². The lowest BCUT2D eigenvalue weighted by atomic mass is 9.95. The molecule has 3 N–H and O–H groups in total. The van der Waals surface area contributed by atoms with E-state index in [0.717, 1.165) is 10.5 Å². The number of phenolic OH excluding ortho intramolecular Hbond substituents is 2. The van der Waals surface area contributed by atoms with E-state index in [4.69, 9.17) is 0 Å². The molecule has 1 heterocycles. The molecule has 9 heteroatoms. The molecule has 1 aliphatic rings. The van der Waals surface area contributed by atoms with Crippen molar-refractivity contribution in [2.24, 2.45) is 0 Å². The van der Waals surface area contributed by atoms with Gasteiger partial charge in [0.05, 0.1) is 22.2 Å². The minimum atomic E-state index is -1.12. The third kappa shape index (κ3) is 3.76. The number of anilines is 1. The second-order valence-corrected chi connectivity index (χ2v) is 7.56. The van der Waals surface area contributed by atoms with Gasteiger partial charge in [-0.3, -0.25) is 24.6 Å². The van der Waals surface area contributed by atoms with Gasteiger partial charge in [-0.25, -0.2) is 0 Å². The van der Waals surface area contributed by atoms with Crippen molar-refractivity contribution in [3.63, 3.8) is 0 Å². The van der Waals surface area contributed by atoms with Crippen molar-refractivity contribution >= 4 is 28.8 Å². The summed E-state index contributed by atoms with van der Waals surface area (Å²) in [6.07, 6.45) is 0. The van der Waals surface area contributed by atoms with Crippen LogP contribution in [0.5, 0.6) is 11.5 Å². The predicted molar refractivity (Wildman–Crippen MR) is 119 cm³/mol. The van der Waals surface area contributed by atoms with Gasteiger partial charge in [-0.05, 0) is 54.4 Å². The second kappa shape index (κ2) is 8.12. The number of carbonyl (C=O) groups is 2. The first kappa shape index (κ1) is 21.6. The van der Waals surface area contributed by atoms with E-state index in [2.05, 4.69) is 0 Å². The first-order valence-corrected chi connectivity index (χ1v) is 9.83. The van der Waals surface area contributed by atoms with Crippen LogP contribution in [0.2, 0.25) is 0 Å². The maximum absolute atomic E-state index is 13.1. The van der Waals surface area contributed by atoms with Gasteiger partial charge >= 0.3 is 0 Å². The Bertz CT molecular complexity index is 1310. The molecule has 0 aliphatic carbocycles. The van der Waals surface area contributed by atoms with Gasteiger partial charge in [0, 0.05) is 17.7 Å². The molecular weight excluding hydrogens is 428 g/mol. The van der Waals surface area contributed by atoms with Gasteiger partial charge in [-0.1, -0.05) is 18.2 Å². The fourth-order valence-corrected chi connectivity index (χ4v) is 3.78. The first-order valence-electron chi connectivity index (χ1n) is 9.83. The number of hydrogen-bond acceptors (Lipinski definition) is 7. The molecule has 0 saturated carbocycles. The van der Waals surface area contributed by atoms with E-state index in [-0.39, 0.29) is 34.0 Å². The summed E-state index contributed by atoms with van der Waals surface area (Å²) in [4.78, 5) is 37.6. The molecule has 1 saturated heterocycles. The monoisotopic (exact) mass is 446 g/mol. The highest BCUT2D eigenvalue weighted by atomic mass is 16.6. The molecule has 0 spiro atoms. The lowest BCUT2D eigenvalue weighted by Crippen LogP contribution is -2.29. The van der Waals surface area contributed by atoms with E-state index < -0.39 is 28.4 Å².